The normalized spacial score (nSPS) is 49.8. The molecule has 0 aromatic rings. The van der Waals surface area contributed by atoms with Crippen LogP contribution in [0.3, 0.4) is 0 Å². The van der Waals surface area contributed by atoms with E-state index in [2.05, 4.69) is 26.0 Å². The highest BCUT2D eigenvalue weighted by atomic mass is 16.6. The minimum Gasteiger partial charge on any atom is -0.459 e. The summed E-state index contributed by atoms with van der Waals surface area (Å²) in [6.45, 7) is 4.45. The molecule has 0 aliphatic heterocycles. The summed E-state index contributed by atoms with van der Waals surface area (Å²) in [7, 11) is 0. The molecule has 0 radical (unpaired) electrons. The lowest BCUT2D eigenvalue weighted by Gasteiger charge is -2.61. The molecule has 0 saturated heterocycles. The van der Waals surface area contributed by atoms with E-state index in [0.717, 1.165) is 24.2 Å². The molecule has 2 heteroatoms. The lowest BCUT2D eigenvalue weighted by molar-refractivity contribution is -0.202. The summed E-state index contributed by atoms with van der Waals surface area (Å²) in [5.41, 5.74) is -0.0174. The molecule has 0 N–H and O–H groups in total. The molecule has 0 spiro atoms. The van der Waals surface area contributed by atoms with Gasteiger partial charge in [-0.05, 0) is 94.8 Å². The number of rotatable bonds is 3. The number of esters is 1. The van der Waals surface area contributed by atoms with Crippen molar-refractivity contribution in [2.45, 2.75) is 70.8 Å². The standard InChI is InChI=1S/C21H30O2/c1-20(2,23-19(22)18-9-13-3-4-17(18)8-13)21-10-14-5-15(11-21)7-16(6-14)12-21/h3-4,13-18H,5-12H2,1-2H3. The van der Waals surface area contributed by atoms with Gasteiger partial charge in [0.25, 0.3) is 0 Å². The van der Waals surface area contributed by atoms with Crippen molar-refractivity contribution in [1.29, 1.82) is 0 Å². The Morgan fingerprint density at radius 2 is 1.57 bits per heavy atom. The Bertz CT molecular complexity index is 523. The predicted molar refractivity (Wildman–Crippen MR) is 89.6 cm³/mol. The van der Waals surface area contributed by atoms with Crippen molar-refractivity contribution in [3.05, 3.63) is 12.2 Å². The van der Waals surface area contributed by atoms with E-state index in [1.165, 1.54) is 44.9 Å². The molecule has 5 fully saturated rings. The average Bonchev–Trinajstić information content (AvgIpc) is 3.07. The van der Waals surface area contributed by atoms with Crippen LogP contribution in [0.25, 0.3) is 0 Å². The average molecular weight is 314 g/mol. The van der Waals surface area contributed by atoms with Crippen molar-refractivity contribution in [3.8, 4) is 0 Å². The molecular weight excluding hydrogens is 284 g/mol. The number of allylic oxidation sites excluding steroid dienone is 2. The Balaban J connectivity index is 1.35. The molecule has 23 heavy (non-hydrogen) atoms. The molecule has 3 unspecified atom stereocenters. The van der Waals surface area contributed by atoms with E-state index in [-0.39, 0.29) is 22.9 Å². The summed E-state index contributed by atoms with van der Waals surface area (Å²) in [5, 5.41) is 0. The number of ether oxygens (including phenoxy) is 1. The number of fused-ring (bicyclic) bond motifs is 2. The van der Waals surface area contributed by atoms with Gasteiger partial charge in [0, 0.05) is 5.41 Å². The molecule has 0 heterocycles. The van der Waals surface area contributed by atoms with E-state index in [9.17, 15) is 4.79 Å². The van der Waals surface area contributed by atoms with Crippen molar-refractivity contribution >= 4 is 5.97 Å². The largest absolute Gasteiger partial charge is 0.459 e. The fourth-order valence-corrected chi connectivity index (χ4v) is 7.34. The number of hydrogen-bond acceptors (Lipinski definition) is 2. The van der Waals surface area contributed by atoms with Gasteiger partial charge < -0.3 is 4.74 Å². The fourth-order valence-electron chi connectivity index (χ4n) is 7.34. The van der Waals surface area contributed by atoms with Crippen LogP contribution in [0.1, 0.15) is 65.2 Å². The molecule has 3 atom stereocenters. The lowest BCUT2D eigenvalue weighted by Crippen LogP contribution is -2.57. The van der Waals surface area contributed by atoms with Gasteiger partial charge in [-0.25, -0.2) is 0 Å². The van der Waals surface area contributed by atoms with E-state index in [4.69, 9.17) is 4.74 Å². The molecule has 6 bridgehead atoms. The Labute approximate surface area is 140 Å². The van der Waals surface area contributed by atoms with Crippen LogP contribution in [0.4, 0.5) is 0 Å². The first-order valence-electron chi connectivity index (χ1n) is 9.85. The van der Waals surface area contributed by atoms with Crippen molar-refractivity contribution in [2.24, 2.45) is 40.9 Å². The van der Waals surface area contributed by atoms with Gasteiger partial charge in [0.05, 0.1) is 5.92 Å². The van der Waals surface area contributed by atoms with Crippen LogP contribution in [0.2, 0.25) is 0 Å². The van der Waals surface area contributed by atoms with Gasteiger partial charge in [-0.3, -0.25) is 4.79 Å². The molecule has 0 aromatic carbocycles. The number of carbonyl (C=O) groups excluding carboxylic acids is 1. The Kier molecular flexibility index (Phi) is 2.93. The summed E-state index contributed by atoms with van der Waals surface area (Å²) in [6.07, 6.45) is 15.0. The van der Waals surface area contributed by atoms with Crippen LogP contribution in [0.15, 0.2) is 12.2 Å². The first kappa shape index (κ1) is 14.5. The zero-order valence-corrected chi connectivity index (χ0v) is 14.6. The van der Waals surface area contributed by atoms with Gasteiger partial charge in [-0.15, -0.1) is 0 Å². The summed E-state index contributed by atoms with van der Waals surface area (Å²) >= 11 is 0. The molecule has 6 aliphatic rings. The van der Waals surface area contributed by atoms with E-state index < -0.39 is 0 Å². The van der Waals surface area contributed by atoms with Gasteiger partial charge in [0.2, 0.25) is 0 Å². The summed E-state index contributed by atoms with van der Waals surface area (Å²) in [4.78, 5) is 12.9. The van der Waals surface area contributed by atoms with Gasteiger partial charge in [0.1, 0.15) is 5.60 Å². The topological polar surface area (TPSA) is 26.3 Å². The van der Waals surface area contributed by atoms with Gasteiger partial charge in [0.15, 0.2) is 0 Å². The minimum atomic E-state index is -0.286. The highest BCUT2D eigenvalue weighted by molar-refractivity contribution is 5.74. The summed E-state index contributed by atoms with van der Waals surface area (Å²) in [6, 6.07) is 0. The van der Waals surface area contributed by atoms with Crippen LogP contribution < -0.4 is 0 Å². The molecule has 126 valence electrons. The molecule has 6 rings (SSSR count). The maximum atomic E-state index is 12.9. The third-order valence-electron chi connectivity index (χ3n) is 8.25. The molecule has 0 aromatic heterocycles. The molecule has 0 amide bonds. The highest BCUT2D eigenvalue weighted by Gasteiger charge is 2.59. The predicted octanol–water partition coefficient (Wildman–Crippen LogP) is 4.74. The van der Waals surface area contributed by atoms with Crippen LogP contribution in [-0.4, -0.2) is 11.6 Å². The van der Waals surface area contributed by atoms with Crippen molar-refractivity contribution in [1.82, 2.24) is 0 Å². The highest BCUT2D eigenvalue weighted by Crippen LogP contribution is 2.64. The van der Waals surface area contributed by atoms with E-state index >= 15 is 0 Å². The van der Waals surface area contributed by atoms with Crippen molar-refractivity contribution in [3.63, 3.8) is 0 Å². The van der Waals surface area contributed by atoms with Gasteiger partial charge in [-0.2, -0.15) is 0 Å². The third kappa shape index (κ3) is 2.09. The monoisotopic (exact) mass is 314 g/mol. The Morgan fingerprint density at radius 1 is 0.957 bits per heavy atom. The Hall–Kier alpha value is -0.790. The molecule has 2 nitrogen and oxygen atoms in total. The van der Waals surface area contributed by atoms with Gasteiger partial charge >= 0.3 is 5.97 Å². The molecule has 5 saturated carbocycles. The summed E-state index contributed by atoms with van der Waals surface area (Å²) < 4.78 is 6.29. The van der Waals surface area contributed by atoms with Crippen molar-refractivity contribution < 1.29 is 9.53 Å². The number of hydrogen-bond donors (Lipinski definition) is 0. The smallest absolute Gasteiger partial charge is 0.310 e. The van der Waals surface area contributed by atoms with E-state index in [1.807, 2.05) is 0 Å². The zero-order valence-electron chi connectivity index (χ0n) is 14.6. The quantitative estimate of drug-likeness (QED) is 0.556. The summed E-state index contributed by atoms with van der Waals surface area (Å²) in [5.74, 6) is 4.06. The second kappa shape index (κ2) is 4.64. The van der Waals surface area contributed by atoms with Crippen LogP contribution >= 0.6 is 0 Å². The zero-order chi connectivity index (χ0) is 15.8. The lowest BCUT2D eigenvalue weighted by atomic mass is 9.46. The second-order valence-corrected chi connectivity index (χ2v) is 10.0. The first-order valence-corrected chi connectivity index (χ1v) is 9.85. The minimum absolute atomic E-state index is 0.0996. The second-order valence-electron chi connectivity index (χ2n) is 10.0. The van der Waals surface area contributed by atoms with Crippen molar-refractivity contribution in [2.75, 3.05) is 0 Å². The van der Waals surface area contributed by atoms with Gasteiger partial charge in [-0.1, -0.05) is 12.2 Å². The molecule has 6 aliphatic carbocycles. The number of carbonyl (C=O) groups is 1. The maximum Gasteiger partial charge on any atom is 0.310 e. The van der Waals surface area contributed by atoms with Crippen LogP contribution in [-0.2, 0) is 9.53 Å². The first-order chi connectivity index (χ1) is 10.9. The third-order valence-corrected chi connectivity index (χ3v) is 8.25. The van der Waals surface area contributed by atoms with E-state index in [0.29, 0.717) is 11.8 Å². The van der Waals surface area contributed by atoms with E-state index in [1.54, 1.807) is 0 Å². The van der Waals surface area contributed by atoms with Crippen LogP contribution in [0.5, 0.6) is 0 Å². The Morgan fingerprint density at radius 3 is 2.04 bits per heavy atom. The SMILES string of the molecule is CC(C)(OC(=O)C1CC2C=CC1C2)C12CC3CC(CC(C3)C1)C2. The fraction of sp³-hybridized carbons (Fsp3) is 0.857. The van der Waals surface area contributed by atoms with Crippen LogP contribution in [0, 0.1) is 40.9 Å². The molecular formula is C21H30O2. The maximum absolute atomic E-state index is 12.9.